The maximum atomic E-state index is 11.7. The van der Waals surface area contributed by atoms with Crippen molar-refractivity contribution in [2.75, 3.05) is 73.9 Å². The molecule has 2 saturated heterocycles. The van der Waals surface area contributed by atoms with Crippen molar-refractivity contribution in [1.82, 2.24) is 24.8 Å². The van der Waals surface area contributed by atoms with Crippen molar-refractivity contribution in [2.24, 2.45) is 0 Å². The molecule has 2 atom stereocenters. The van der Waals surface area contributed by atoms with Crippen LogP contribution >= 0.6 is 11.6 Å². The second-order valence-corrected chi connectivity index (χ2v) is 14.0. The largest absolute Gasteiger partial charge is 0.481 e. The lowest BCUT2D eigenvalue weighted by atomic mass is 9.88. The van der Waals surface area contributed by atoms with Crippen LogP contribution in [0.2, 0.25) is 0 Å². The van der Waals surface area contributed by atoms with Crippen LogP contribution in [-0.4, -0.2) is 104 Å². The molecule has 0 bridgehead atoms. The van der Waals surface area contributed by atoms with E-state index in [-0.39, 0.29) is 18.2 Å². The van der Waals surface area contributed by atoms with E-state index in [0.717, 1.165) is 35.5 Å². The van der Waals surface area contributed by atoms with Crippen LogP contribution in [0.4, 0.5) is 0 Å². The Morgan fingerprint density at radius 1 is 0.714 bits per heavy atom. The van der Waals surface area contributed by atoms with Crippen LogP contribution in [0.15, 0.2) is 123 Å². The van der Waals surface area contributed by atoms with Gasteiger partial charge >= 0.3 is 0 Å². The molecule has 6 aromatic heterocycles. The molecule has 63 heavy (non-hydrogen) atoms. The number of morpholine rings is 2. The van der Waals surface area contributed by atoms with E-state index in [9.17, 15) is 10.1 Å². The molecule has 16 nitrogen and oxygen atoms in total. The summed E-state index contributed by atoms with van der Waals surface area (Å²) >= 11 is 5.54. The van der Waals surface area contributed by atoms with Gasteiger partial charge in [-0.1, -0.05) is 18.2 Å². The number of methoxy groups -OCH3 is 3. The first kappa shape index (κ1) is 47.5. The van der Waals surface area contributed by atoms with Crippen LogP contribution in [0, 0.1) is 22.7 Å². The summed E-state index contributed by atoms with van der Waals surface area (Å²) in [5, 5.41) is 19.1. The number of carbonyl (C=O) groups is 1. The lowest BCUT2D eigenvalue weighted by Gasteiger charge is -2.39. The van der Waals surface area contributed by atoms with Crippen molar-refractivity contribution < 1.29 is 41.7 Å². The second kappa shape index (κ2) is 25.4. The highest BCUT2D eigenvalue weighted by atomic mass is 35.5. The van der Waals surface area contributed by atoms with Gasteiger partial charge in [-0.05, 0) is 53.1 Å². The molecule has 8 rings (SSSR count). The van der Waals surface area contributed by atoms with Gasteiger partial charge in [0.1, 0.15) is 11.5 Å². The van der Waals surface area contributed by atoms with Crippen molar-refractivity contribution in [3.63, 3.8) is 0 Å². The van der Waals surface area contributed by atoms with Crippen molar-refractivity contribution >= 4 is 17.4 Å². The number of nitriles is 2. The molecule has 0 aliphatic carbocycles. The summed E-state index contributed by atoms with van der Waals surface area (Å²) in [6, 6.07) is 26.1. The standard InChI is InChI=1S/C17H19N3O3.C12H11NO3.C10H12N2O2.C7H8ClNO/c1-21-16-5-4-14(12-19-16)11-17(13-18,15-3-2-8-23-15)20-6-9-22-10-7-20;1-15-12-5-4-9(8-13-12)7-10(14)11-3-2-6-16-11;11-8-9(10-2-1-5-14-10)12-3-6-13-7-4-12;1-10-7-3-2-6(4-8)5-9-7/h2-5,8,12H,6-7,9-11H2,1H3;2-6,8H,7H2,1H3;1-2,5,9H,3-4,6-7H2;2-3,5H,4H2,1H3. The number of ketones is 1. The van der Waals surface area contributed by atoms with Crippen molar-refractivity contribution in [2.45, 2.75) is 30.3 Å². The van der Waals surface area contributed by atoms with Gasteiger partial charge in [-0.25, -0.2) is 15.0 Å². The Balaban J connectivity index is 0.000000165. The molecule has 2 fully saturated rings. The molecule has 330 valence electrons. The zero-order valence-corrected chi connectivity index (χ0v) is 36.2. The van der Waals surface area contributed by atoms with Gasteiger partial charge in [0, 0.05) is 81.7 Å². The fourth-order valence-electron chi connectivity index (χ4n) is 6.48. The molecule has 2 unspecified atom stereocenters. The first-order chi connectivity index (χ1) is 30.9. The van der Waals surface area contributed by atoms with Crippen LogP contribution in [-0.2, 0) is 33.7 Å². The van der Waals surface area contributed by atoms with Crippen molar-refractivity contribution in [3.8, 4) is 29.8 Å². The van der Waals surface area contributed by atoms with E-state index in [1.54, 1.807) is 88.8 Å². The number of halogens is 1. The Morgan fingerprint density at radius 2 is 1.25 bits per heavy atom. The molecule has 0 N–H and O–H groups in total. The van der Waals surface area contributed by atoms with Gasteiger partial charge in [-0.2, -0.15) is 10.5 Å². The van der Waals surface area contributed by atoms with E-state index in [2.05, 4.69) is 36.9 Å². The maximum Gasteiger partial charge on any atom is 0.212 e. The lowest BCUT2D eigenvalue weighted by molar-refractivity contribution is -0.0116. The minimum atomic E-state index is -0.858. The van der Waals surface area contributed by atoms with Gasteiger partial charge in [-0.15, -0.1) is 11.6 Å². The smallest absolute Gasteiger partial charge is 0.212 e. The first-order valence-electron chi connectivity index (χ1n) is 20.0. The van der Waals surface area contributed by atoms with Gasteiger partial charge < -0.3 is 36.9 Å². The van der Waals surface area contributed by atoms with Crippen LogP contribution in [0.5, 0.6) is 17.6 Å². The predicted molar refractivity (Wildman–Crippen MR) is 230 cm³/mol. The van der Waals surface area contributed by atoms with Gasteiger partial charge in [0.25, 0.3) is 0 Å². The van der Waals surface area contributed by atoms with Gasteiger partial charge in [-0.3, -0.25) is 14.6 Å². The Hall–Kier alpha value is -6.53. The SMILES string of the molecule is COc1ccc(CC(=O)c2ccco2)cn1.COc1ccc(CC(C#N)(c2ccco2)N2CCOCC2)cn1.COc1ccc(CCl)cn1.N#CC(c1ccco1)N1CCOCC1. The first-order valence-corrected chi connectivity index (χ1v) is 20.5. The zero-order valence-electron chi connectivity index (χ0n) is 35.4. The van der Waals surface area contributed by atoms with Crippen molar-refractivity contribution in [3.05, 3.63) is 144 Å². The molecular formula is C46H50ClN7O9. The molecule has 8 heterocycles. The van der Waals surface area contributed by atoms with Crippen LogP contribution in [0.3, 0.4) is 0 Å². The molecule has 0 aromatic carbocycles. The highest BCUT2D eigenvalue weighted by molar-refractivity contribution is 6.17. The van der Waals surface area contributed by atoms with E-state index < -0.39 is 5.54 Å². The highest BCUT2D eigenvalue weighted by Gasteiger charge is 2.42. The number of hydrogen-bond donors (Lipinski definition) is 0. The Morgan fingerprint density at radius 3 is 1.71 bits per heavy atom. The fourth-order valence-corrected chi connectivity index (χ4v) is 6.63. The van der Waals surface area contributed by atoms with Gasteiger partial charge in [0.2, 0.25) is 23.4 Å². The topological polar surface area (TPSA) is 195 Å². The second-order valence-electron chi connectivity index (χ2n) is 13.8. The third kappa shape index (κ3) is 14.0. The summed E-state index contributed by atoms with van der Waals surface area (Å²) in [6.07, 6.45) is 10.5. The minimum Gasteiger partial charge on any atom is -0.481 e. The van der Waals surface area contributed by atoms with Crippen LogP contribution in [0.1, 0.15) is 44.8 Å². The Bertz CT molecular complexity index is 2230. The number of nitrogens with zero attached hydrogens (tertiary/aromatic N) is 7. The Labute approximate surface area is 371 Å². The van der Waals surface area contributed by atoms with E-state index in [1.165, 1.54) is 6.26 Å². The summed E-state index contributed by atoms with van der Waals surface area (Å²) in [6.45, 7) is 5.58. The molecule has 0 amide bonds. The number of hydrogen-bond acceptors (Lipinski definition) is 16. The molecule has 17 heteroatoms. The summed E-state index contributed by atoms with van der Waals surface area (Å²) in [7, 11) is 4.72. The van der Waals surface area contributed by atoms with E-state index in [0.29, 0.717) is 81.0 Å². The maximum absolute atomic E-state index is 11.7. The highest BCUT2D eigenvalue weighted by Crippen LogP contribution is 2.33. The van der Waals surface area contributed by atoms with Gasteiger partial charge in [0.05, 0.1) is 78.7 Å². The Kier molecular flexibility index (Phi) is 19.2. The minimum absolute atomic E-state index is 0.0584. The predicted octanol–water partition coefficient (Wildman–Crippen LogP) is 7.09. The fraction of sp³-hybridized carbons (Fsp3) is 0.348. The number of pyridine rings is 3. The van der Waals surface area contributed by atoms with Gasteiger partial charge in [0.15, 0.2) is 17.3 Å². The average Bonchev–Trinajstić information content (AvgIpc) is 4.20. The number of rotatable bonds is 13. The number of carbonyl (C=O) groups excluding carboxylic acids is 1. The number of aromatic nitrogens is 3. The van der Waals surface area contributed by atoms with Crippen LogP contribution < -0.4 is 14.2 Å². The molecule has 2 aliphatic rings. The monoisotopic (exact) mass is 879 g/mol. The summed E-state index contributed by atoms with van der Waals surface area (Å²) in [5.41, 5.74) is 1.93. The molecule has 0 saturated carbocycles. The molecule has 0 radical (unpaired) electrons. The third-order valence-corrected chi connectivity index (χ3v) is 10.1. The third-order valence-electron chi connectivity index (χ3n) is 9.81. The molecule has 0 spiro atoms. The summed E-state index contributed by atoms with van der Waals surface area (Å²) < 4.78 is 41.4. The number of Topliss-reactive ketones (excluding diaryl/α,β-unsaturated/α-hetero) is 1. The normalized spacial score (nSPS) is 15.1. The van der Waals surface area contributed by atoms with E-state index >= 15 is 0 Å². The quantitative estimate of drug-likeness (QED) is 0.0841. The summed E-state index contributed by atoms with van der Waals surface area (Å²) in [4.78, 5) is 28.1. The number of furan rings is 3. The van der Waals surface area contributed by atoms with E-state index in [1.807, 2.05) is 36.4 Å². The summed E-state index contributed by atoms with van der Waals surface area (Å²) in [5.74, 6) is 3.89. The lowest BCUT2D eigenvalue weighted by Crippen LogP contribution is -2.51. The van der Waals surface area contributed by atoms with E-state index in [4.69, 9.17) is 53.8 Å². The number of alkyl halides is 1. The van der Waals surface area contributed by atoms with Crippen LogP contribution in [0.25, 0.3) is 0 Å². The molecular weight excluding hydrogens is 830 g/mol. The van der Waals surface area contributed by atoms with Crippen molar-refractivity contribution in [1.29, 1.82) is 10.5 Å². The zero-order chi connectivity index (χ0) is 44.7. The number of ether oxygens (including phenoxy) is 5. The molecule has 2 aliphatic heterocycles. The average molecular weight is 880 g/mol. The molecule has 6 aromatic rings.